The number of aryl methyl sites for hydroxylation is 1. The van der Waals surface area contributed by atoms with Gasteiger partial charge < -0.3 is 31.2 Å². The number of hydrogen-bond donors (Lipinski definition) is 6. The van der Waals surface area contributed by atoms with Crippen LogP contribution in [-0.2, 0) is 32.0 Å². The number of carbonyl (C=O) groups excluding carboxylic acids is 4. The van der Waals surface area contributed by atoms with Gasteiger partial charge in [-0.15, -0.1) is 11.8 Å². The predicted molar refractivity (Wildman–Crippen MR) is 150 cm³/mol. The van der Waals surface area contributed by atoms with E-state index >= 15 is 0 Å². The Morgan fingerprint density at radius 1 is 0.769 bits per heavy atom. The van der Waals surface area contributed by atoms with Crippen molar-refractivity contribution in [3.63, 3.8) is 0 Å². The highest BCUT2D eigenvalue weighted by molar-refractivity contribution is 7.99. The van der Waals surface area contributed by atoms with E-state index in [0.717, 1.165) is 38.0 Å². The Hall–Kier alpha value is -4.25. The molecular weight excluding hydrogens is 516 g/mol. The first-order valence-corrected chi connectivity index (χ1v) is 13.8. The van der Waals surface area contributed by atoms with Crippen molar-refractivity contribution in [3.05, 3.63) is 65.9 Å². The fraction of sp³-hybridized carbons (Fsp3) is 0.286. The molecule has 0 bridgehead atoms. The Morgan fingerprint density at radius 3 is 2.36 bits per heavy atom. The third-order valence-corrected chi connectivity index (χ3v) is 7.71. The maximum atomic E-state index is 13.0. The van der Waals surface area contributed by atoms with Gasteiger partial charge in [0.2, 0.25) is 23.6 Å². The predicted octanol–water partition coefficient (Wildman–Crippen LogP) is 1.76. The summed E-state index contributed by atoms with van der Waals surface area (Å²) in [4.78, 5) is 57.4. The first kappa shape index (κ1) is 26.4. The molecule has 0 saturated carbocycles. The zero-order chi connectivity index (χ0) is 27.2. The SMILES string of the molecule is O=C1CCc2c([nH]c3ccccc23)SCCNC(=O)CNC(=O)C(Cc2c[nH]c3ccccc23)NC(=O)CN1. The maximum absolute atomic E-state index is 13.0. The van der Waals surface area contributed by atoms with Crippen LogP contribution >= 0.6 is 11.8 Å². The summed E-state index contributed by atoms with van der Waals surface area (Å²) in [5.41, 5.74) is 3.79. The van der Waals surface area contributed by atoms with E-state index in [1.165, 1.54) is 0 Å². The normalized spacial score (nSPS) is 18.4. The first-order chi connectivity index (χ1) is 19.0. The van der Waals surface area contributed by atoms with Crippen molar-refractivity contribution in [2.45, 2.75) is 30.3 Å². The summed E-state index contributed by atoms with van der Waals surface area (Å²) in [6.45, 7) is -0.0607. The number of hydrogen-bond acceptors (Lipinski definition) is 5. The molecule has 202 valence electrons. The highest BCUT2D eigenvalue weighted by atomic mass is 32.2. The fourth-order valence-electron chi connectivity index (χ4n) is 4.72. The minimum absolute atomic E-state index is 0.207. The van der Waals surface area contributed by atoms with Crippen LogP contribution in [-0.4, -0.2) is 65.0 Å². The molecule has 1 atom stereocenters. The number of nitrogens with one attached hydrogen (secondary N) is 6. The Bertz CT molecular complexity index is 1530. The standard InChI is InChI=1S/C28H30N6O4S/c35-24-10-9-20-19-6-2-4-8-22(19)34-28(20)39-12-11-29-25(36)15-32-27(38)23(33-26(37)16-31-24)13-17-14-30-21-7-3-1-5-18(17)21/h1-8,14,23,30,34H,9-13,15-16H2,(H,29,36)(H,31,35)(H,32,38)(H,33,37). The van der Waals surface area contributed by atoms with Gasteiger partial charge in [0, 0.05) is 53.1 Å². The number of H-pyrrole nitrogens is 2. The van der Waals surface area contributed by atoms with E-state index < -0.39 is 17.9 Å². The van der Waals surface area contributed by atoms with Crippen LogP contribution in [0.1, 0.15) is 17.5 Å². The topological polar surface area (TPSA) is 148 Å². The summed E-state index contributed by atoms with van der Waals surface area (Å²) >= 11 is 1.57. The van der Waals surface area contributed by atoms with Gasteiger partial charge in [-0.3, -0.25) is 19.2 Å². The zero-order valence-corrected chi connectivity index (χ0v) is 22.1. The summed E-state index contributed by atoms with van der Waals surface area (Å²) in [5, 5.41) is 13.8. The van der Waals surface area contributed by atoms with Crippen LogP contribution in [0, 0.1) is 0 Å². The highest BCUT2D eigenvalue weighted by Crippen LogP contribution is 2.30. The van der Waals surface area contributed by atoms with Gasteiger partial charge in [-0.25, -0.2) is 0 Å². The van der Waals surface area contributed by atoms with Gasteiger partial charge in [0.1, 0.15) is 6.04 Å². The molecule has 0 radical (unpaired) electrons. The lowest BCUT2D eigenvalue weighted by Gasteiger charge is -2.19. The van der Waals surface area contributed by atoms with Crippen LogP contribution in [0.2, 0.25) is 0 Å². The van der Waals surface area contributed by atoms with Crippen molar-refractivity contribution in [2.24, 2.45) is 0 Å². The molecule has 1 aliphatic rings. The Balaban J connectivity index is 1.32. The van der Waals surface area contributed by atoms with Crippen molar-refractivity contribution < 1.29 is 19.2 Å². The third-order valence-electron chi connectivity index (χ3n) is 6.67. The molecule has 5 rings (SSSR count). The van der Waals surface area contributed by atoms with Crippen molar-refractivity contribution in [2.75, 3.05) is 25.4 Å². The third kappa shape index (κ3) is 6.43. The van der Waals surface area contributed by atoms with Gasteiger partial charge in [-0.2, -0.15) is 0 Å². The number of benzene rings is 2. The molecule has 39 heavy (non-hydrogen) atoms. The molecule has 0 fully saturated rings. The molecule has 0 spiro atoms. The second kappa shape index (κ2) is 12.1. The number of carbonyl (C=O) groups is 4. The van der Waals surface area contributed by atoms with E-state index in [0.29, 0.717) is 18.7 Å². The van der Waals surface area contributed by atoms with Crippen molar-refractivity contribution in [3.8, 4) is 0 Å². The summed E-state index contributed by atoms with van der Waals surface area (Å²) in [5.74, 6) is -0.917. The van der Waals surface area contributed by atoms with Crippen LogP contribution in [0.5, 0.6) is 0 Å². The summed E-state index contributed by atoms with van der Waals surface area (Å²) in [7, 11) is 0. The molecule has 1 aliphatic heterocycles. The fourth-order valence-corrected chi connectivity index (χ4v) is 5.70. The molecule has 10 nitrogen and oxygen atoms in total. The van der Waals surface area contributed by atoms with Gasteiger partial charge in [0.05, 0.1) is 18.1 Å². The molecule has 4 aromatic rings. The first-order valence-electron chi connectivity index (χ1n) is 12.9. The number of thioether (sulfide) groups is 1. The molecule has 1 unspecified atom stereocenters. The van der Waals surface area contributed by atoms with Crippen LogP contribution in [0.25, 0.3) is 21.8 Å². The van der Waals surface area contributed by atoms with Gasteiger partial charge in [-0.1, -0.05) is 36.4 Å². The molecule has 3 heterocycles. The van der Waals surface area contributed by atoms with Crippen molar-refractivity contribution in [1.29, 1.82) is 0 Å². The average Bonchev–Trinajstić information content (AvgIpc) is 3.51. The van der Waals surface area contributed by atoms with Gasteiger partial charge >= 0.3 is 0 Å². The molecule has 2 aromatic carbocycles. The summed E-state index contributed by atoms with van der Waals surface area (Å²) in [6, 6.07) is 14.7. The number of amides is 4. The van der Waals surface area contributed by atoms with Gasteiger partial charge in [0.25, 0.3) is 0 Å². The number of aromatic amines is 2. The number of fused-ring (bicyclic) bond motifs is 4. The zero-order valence-electron chi connectivity index (χ0n) is 21.3. The summed E-state index contributed by atoms with van der Waals surface area (Å²) < 4.78 is 0. The van der Waals surface area contributed by atoms with Crippen molar-refractivity contribution >= 4 is 57.2 Å². The lowest BCUT2D eigenvalue weighted by Crippen LogP contribution is -2.52. The second-order valence-corrected chi connectivity index (χ2v) is 10.5. The van der Waals surface area contributed by atoms with E-state index in [1.54, 1.807) is 18.0 Å². The van der Waals surface area contributed by atoms with E-state index in [-0.39, 0.29) is 37.7 Å². The molecule has 0 saturated heterocycles. The second-order valence-electron chi connectivity index (χ2n) is 9.35. The van der Waals surface area contributed by atoms with Crippen LogP contribution in [0.15, 0.2) is 59.8 Å². The molecule has 6 N–H and O–H groups in total. The minimum atomic E-state index is -0.926. The van der Waals surface area contributed by atoms with Crippen LogP contribution in [0.4, 0.5) is 0 Å². The van der Waals surface area contributed by atoms with E-state index in [1.807, 2.05) is 48.5 Å². The van der Waals surface area contributed by atoms with Crippen LogP contribution < -0.4 is 21.3 Å². The van der Waals surface area contributed by atoms with Gasteiger partial charge in [0.15, 0.2) is 0 Å². The van der Waals surface area contributed by atoms with E-state index in [2.05, 4.69) is 31.2 Å². The monoisotopic (exact) mass is 546 g/mol. The minimum Gasteiger partial charge on any atom is -0.361 e. The van der Waals surface area contributed by atoms with Crippen molar-refractivity contribution in [1.82, 2.24) is 31.2 Å². The molecule has 4 amide bonds. The lowest BCUT2D eigenvalue weighted by atomic mass is 10.0. The molecule has 2 aromatic heterocycles. The number of aromatic nitrogens is 2. The largest absolute Gasteiger partial charge is 0.361 e. The lowest BCUT2D eigenvalue weighted by molar-refractivity contribution is -0.130. The van der Waals surface area contributed by atoms with E-state index in [4.69, 9.17) is 0 Å². The Kier molecular flexibility index (Phi) is 8.16. The molecule has 11 heteroatoms. The Morgan fingerprint density at radius 2 is 1.51 bits per heavy atom. The summed E-state index contributed by atoms with van der Waals surface area (Å²) in [6.07, 6.45) is 2.73. The smallest absolute Gasteiger partial charge is 0.243 e. The average molecular weight is 547 g/mol. The Labute approximate surface area is 229 Å². The number of para-hydroxylation sites is 2. The highest BCUT2D eigenvalue weighted by Gasteiger charge is 2.24. The van der Waals surface area contributed by atoms with E-state index in [9.17, 15) is 19.2 Å². The quantitative estimate of drug-likeness (QED) is 0.227. The number of rotatable bonds is 2. The maximum Gasteiger partial charge on any atom is 0.243 e. The molecule has 0 aliphatic carbocycles. The van der Waals surface area contributed by atoms with Crippen LogP contribution in [0.3, 0.4) is 0 Å². The van der Waals surface area contributed by atoms with Gasteiger partial charge in [-0.05, 0) is 29.7 Å². The molecular formula is C28H30N6O4S.